The molecule has 0 aliphatic carbocycles. The summed E-state index contributed by atoms with van der Waals surface area (Å²) in [5, 5.41) is 10.1. The molecule has 1 amide bonds. The average Bonchev–Trinajstić information content (AvgIpc) is 3.04. The van der Waals surface area contributed by atoms with Crippen molar-refractivity contribution in [2.24, 2.45) is 0 Å². The summed E-state index contributed by atoms with van der Waals surface area (Å²) in [6.07, 6.45) is 0.448. The zero-order valence-electron chi connectivity index (χ0n) is 13.9. The molecule has 9 heteroatoms. The van der Waals surface area contributed by atoms with Gasteiger partial charge in [0.25, 0.3) is 5.91 Å². The number of benzene rings is 1. The second-order valence-corrected chi connectivity index (χ2v) is 5.76. The van der Waals surface area contributed by atoms with E-state index >= 15 is 0 Å². The summed E-state index contributed by atoms with van der Waals surface area (Å²) in [6, 6.07) is 5.51. The summed E-state index contributed by atoms with van der Waals surface area (Å²) < 4.78 is 18.1. The number of piperazine rings is 1. The second-order valence-electron chi connectivity index (χ2n) is 5.76. The molecule has 0 bridgehead atoms. The van der Waals surface area contributed by atoms with Crippen LogP contribution in [0.15, 0.2) is 28.8 Å². The van der Waals surface area contributed by atoms with Gasteiger partial charge in [-0.05, 0) is 31.3 Å². The molecule has 1 aromatic heterocycles. The van der Waals surface area contributed by atoms with E-state index in [9.17, 15) is 9.18 Å². The molecule has 1 unspecified atom stereocenters. The van der Waals surface area contributed by atoms with Crippen LogP contribution in [0.5, 0.6) is 0 Å². The van der Waals surface area contributed by atoms with Gasteiger partial charge in [-0.3, -0.25) is 9.69 Å². The SMILES string of the molecule is CN1CCNCC1c1noc(CCNC(=O)c2ccc(F)cc2)n1.Cl. The van der Waals surface area contributed by atoms with Gasteiger partial charge in [-0.25, -0.2) is 4.39 Å². The van der Waals surface area contributed by atoms with Crippen LogP contribution in [0.3, 0.4) is 0 Å². The minimum atomic E-state index is -0.368. The predicted molar refractivity (Wildman–Crippen MR) is 92.2 cm³/mol. The fraction of sp³-hybridized carbons (Fsp3) is 0.438. The molecule has 2 aromatic rings. The van der Waals surface area contributed by atoms with Gasteiger partial charge in [0.2, 0.25) is 5.89 Å². The minimum absolute atomic E-state index is 0. The topological polar surface area (TPSA) is 83.3 Å². The molecule has 25 heavy (non-hydrogen) atoms. The van der Waals surface area contributed by atoms with Gasteiger partial charge in [-0.2, -0.15) is 4.98 Å². The van der Waals surface area contributed by atoms with E-state index in [0.29, 0.717) is 30.2 Å². The Morgan fingerprint density at radius 3 is 2.92 bits per heavy atom. The van der Waals surface area contributed by atoms with Crippen LogP contribution in [-0.4, -0.2) is 54.2 Å². The Morgan fingerprint density at radius 2 is 2.20 bits per heavy atom. The number of aromatic nitrogens is 2. The van der Waals surface area contributed by atoms with Crippen LogP contribution in [0.25, 0.3) is 0 Å². The zero-order chi connectivity index (χ0) is 16.9. The van der Waals surface area contributed by atoms with Crippen molar-refractivity contribution in [2.75, 3.05) is 33.2 Å². The first-order valence-corrected chi connectivity index (χ1v) is 7.90. The van der Waals surface area contributed by atoms with Crippen molar-refractivity contribution < 1.29 is 13.7 Å². The van der Waals surface area contributed by atoms with Gasteiger partial charge in [0.1, 0.15) is 5.82 Å². The Kier molecular flexibility index (Phi) is 6.86. The van der Waals surface area contributed by atoms with Crippen LogP contribution in [-0.2, 0) is 6.42 Å². The molecule has 7 nitrogen and oxygen atoms in total. The van der Waals surface area contributed by atoms with Crippen molar-refractivity contribution >= 4 is 18.3 Å². The smallest absolute Gasteiger partial charge is 0.251 e. The molecule has 1 aliphatic rings. The Hall–Kier alpha value is -2.03. The first-order valence-electron chi connectivity index (χ1n) is 7.90. The van der Waals surface area contributed by atoms with Crippen molar-refractivity contribution in [3.05, 3.63) is 47.4 Å². The van der Waals surface area contributed by atoms with Crippen molar-refractivity contribution in [2.45, 2.75) is 12.5 Å². The second kappa shape index (κ2) is 8.89. The molecule has 1 aliphatic heterocycles. The lowest BCUT2D eigenvalue weighted by Gasteiger charge is -2.30. The maximum atomic E-state index is 12.8. The lowest BCUT2D eigenvalue weighted by atomic mass is 10.2. The molecular formula is C16H21ClFN5O2. The fourth-order valence-electron chi connectivity index (χ4n) is 2.59. The summed E-state index contributed by atoms with van der Waals surface area (Å²) in [7, 11) is 2.03. The highest BCUT2D eigenvalue weighted by Crippen LogP contribution is 2.17. The van der Waals surface area contributed by atoms with Crippen LogP contribution >= 0.6 is 12.4 Å². The third-order valence-electron chi connectivity index (χ3n) is 4.02. The molecule has 136 valence electrons. The zero-order valence-corrected chi connectivity index (χ0v) is 14.7. The molecule has 0 spiro atoms. The number of hydrogen-bond donors (Lipinski definition) is 2. The molecular weight excluding hydrogens is 349 g/mol. The van der Waals surface area contributed by atoms with Gasteiger partial charge >= 0.3 is 0 Å². The number of nitrogens with one attached hydrogen (secondary N) is 2. The van der Waals surface area contributed by atoms with Crippen molar-refractivity contribution in [1.29, 1.82) is 0 Å². The highest BCUT2D eigenvalue weighted by atomic mass is 35.5. The Balaban J connectivity index is 0.00000225. The van der Waals surface area contributed by atoms with Crippen LogP contribution in [0.4, 0.5) is 4.39 Å². The van der Waals surface area contributed by atoms with E-state index in [2.05, 4.69) is 25.7 Å². The summed E-state index contributed by atoms with van der Waals surface area (Å²) in [4.78, 5) is 18.5. The van der Waals surface area contributed by atoms with Crippen LogP contribution in [0.2, 0.25) is 0 Å². The van der Waals surface area contributed by atoms with E-state index in [4.69, 9.17) is 4.52 Å². The molecule has 2 heterocycles. The summed E-state index contributed by atoms with van der Waals surface area (Å²) in [5.74, 6) is 0.519. The first kappa shape index (κ1) is 19.3. The number of hydrogen-bond acceptors (Lipinski definition) is 6. The molecule has 1 atom stereocenters. The monoisotopic (exact) mass is 369 g/mol. The maximum absolute atomic E-state index is 12.8. The Labute approximate surface area is 151 Å². The van der Waals surface area contributed by atoms with Crippen molar-refractivity contribution in [3.63, 3.8) is 0 Å². The number of likely N-dealkylation sites (N-methyl/N-ethyl adjacent to an activating group) is 1. The van der Waals surface area contributed by atoms with Gasteiger partial charge in [-0.1, -0.05) is 5.16 Å². The molecule has 1 saturated heterocycles. The number of amides is 1. The highest BCUT2D eigenvalue weighted by molar-refractivity contribution is 5.94. The van der Waals surface area contributed by atoms with E-state index in [1.54, 1.807) is 0 Å². The summed E-state index contributed by atoms with van der Waals surface area (Å²) >= 11 is 0. The number of carbonyl (C=O) groups excluding carboxylic acids is 1. The van der Waals surface area contributed by atoms with E-state index in [0.717, 1.165) is 19.6 Å². The van der Waals surface area contributed by atoms with Gasteiger partial charge in [0.05, 0.1) is 6.04 Å². The standard InChI is InChI=1S/C16H20FN5O2.ClH/c1-22-9-8-18-10-13(22)15-20-14(24-21-15)6-7-19-16(23)11-2-4-12(17)5-3-11;/h2-5,13,18H,6-10H2,1H3,(H,19,23);1H. The third-order valence-corrected chi connectivity index (χ3v) is 4.02. The first-order chi connectivity index (χ1) is 11.6. The van der Waals surface area contributed by atoms with E-state index in [1.165, 1.54) is 24.3 Å². The molecule has 0 radical (unpaired) electrons. The summed E-state index contributed by atoms with van der Waals surface area (Å²) in [5.41, 5.74) is 0.414. The number of carbonyl (C=O) groups is 1. The highest BCUT2D eigenvalue weighted by Gasteiger charge is 2.25. The van der Waals surface area contributed by atoms with Crippen LogP contribution in [0, 0.1) is 5.82 Å². The Bertz CT molecular complexity index is 694. The van der Waals surface area contributed by atoms with E-state index < -0.39 is 0 Å². The summed E-state index contributed by atoms with van der Waals surface area (Å²) in [6.45, 7) is 3.04. The number of halogens is 2. The predicted octanol–water partition coefficient (Wildman–Crippen LogP) is 1.18. The van der Waals surface area contributed by atoms with Crippen LogP contribution < -0.4 is 10.6 Å². The van der Waals surface area contributed by atoms with E-state index in [1.807, 2.05) is 7.05 Å². The number of rotatable bonds is 5. The minimum Gasteiger partial charge on any atom is -0.352 e. The van der Waals surface area contributed by atoms with Gasteiger partial charge in [-0.15, -0.1) is 12.4 Å². The van der Waals surface area contributed by atoms with Gasteiger partial charge in [0.15, 0.2) is 5.82 Å². The van der Waals surface area contributed by atoms with E-state index in [-0.39, 0.29) is 30.2 Å². The third kappa shape index (κ3) is 4.97. The van der Waals surface area contributed by atoms with Crippen LogP contribution in [0.1, 0.15) is 28.1 Å². The molecule has 3 rings (SSSR count). The average molecular weight is 370 g/mol. The molecule has 1 fully saturated rings. The molecule has 2 N–H and O–H groups in total. The molecule has 1 aromatic carbocycles. The van der Waals surface area contributed by atoms with Gasteiger partial charge in [0, 0.05) is 38.2 Å². The lowest BCUT2D eigenvalue weighted by Crippen LogP contribution is -2.44. The maximum Gasteiger partial charge on any atom is 0.251 e. The lowest BCUT2D eigenvalue weighted by molar-refractivity contribution is 0.0953. The fourth-order valence-corrected chi connectivity index (χ4v) is 2.59. The normalized spacial score (nSPS) is 17.8. The number of nitrogens with zero attached hydrogens (tertiary/aromatic N) is 3. The quantitative estimate of drug-likeness (QED) is 0.823. The van der Waals surface area contributed by atoms with Gasteiger partial charge < -0.3 is 15.2 Å². The van der Waals surface area contributed by atoms with Crippen molar-refractivity contribution in [3.8, 4) is 0 Å². The largest absolute Gasteiger partial charge is 0.352 e. The van der Waals surface area contributed by atoms with Crippen molar-refractivity contribution in [1.82, 2.24) is 25.7 Å². The Morgan fingerprint density at radius 1 is 1.44 bits per heavy atom. The molecule has 0 saturated carbocycles.